The average Bonchev–Trinajstić information content (AvgIpc) is 2.53. The molecule has 0 radical (unpaired) electrons. The molecule has 20 heavy (non-hydrogen) atoms. The molecule has 2 aromatic carbocycles. The summed E-state index contributed by atoms with van der Waals surface area (Å²) in [4.78, 5) is 0. The molecule has 0 aliphatic carbocycles. The van der Waals surface area contributed by atoms with E-state index in [-0.39, 0.29) is 6.04 Å². The summed E-state index contributed by atoms with van der Waals surface area (Å²) in [5.74, 6) is 0. The molecule has 0 unspecified atom stereocenters. The second-order valence-corrected chi connectivity index (χ2v) is 4.76. The number of rotatable bonds is 8. The highest BCUT2D eigenvalue weighted by molar-refractivity contribution is 5.31. The summed E-state index contributed by atoms with van der Waals surface area (Å²) in [7, 11) is 0. The minimum absolute atomic E-state index is 0.249. The Morgan fingerprint density at radius 1 is 0.900 bits per heavy atom. The van der Waals surface area contributed by atoms with Crippen LogP contribution in [0.1, 0.15) is 30.5 Å². The summed E-state index contributed by atoms with van der Waals surface area (Å²) in [6, 6.07) is 21.4. The maximum atomic E-state index is 5.39. The molecule has 2 nitrogen and oxygen atoms in total. The molecule has 0 amide bonds. The Kier molecular flexibility index (Phi) is 6.28. The van der Waals surface area contributed by atoms with Crippen molar-refractivity contribution in [3.05, 3.63) is 71.8 Å². The lowest BCUT2D eigenvalue weighted by Crippen LogP contribution is -2.24. The van der Waals surface area contributed by atoms with Gasteiger partial charge in [0.1, 0.15) is 0 Å². The van der Waals surface area contributed by atoms with Crippen molar-refractivity contribution in [2.24, 2.45) is 0 Å². The monoisotopic (exact) mass is 269 g/mol. The van der Waals surface area contributed by atoms with Crippen LogP contribution in [0.5, 0.6) is 0 Å². The zero-order chi connectivity index (χ0) is 14.0. The van der Waals surface area contributed by atoms with Crippen molar-refractivity contribution in [1.29, 1.82) is 0 Å². The first-order valence-electron chi connectivity index (χ1n) is 7.33. The minimum Gasteiger partial charge on any atom is -0.382 e. The van der Waals surface area contributed by atoms with Crippen LogP contribution in [0.25, 0.3) is 0 Å². The van der Waals surface area contributed by atoms with Gasteiger partial charge in [-0.1, -0.05) is 60.7 Å². The lowest BCUT2D eigenvalue weighted by molar-refractivity contribution is 0.144. The van der Waals surface area contributed by atoms with Gasteiger partial charge in [-0.2, -0.15) is 0 Å². The third-order valence-electron chi connectivity index (χ3n) is 3.28. The van der Waals surface area contributed by atoms with Gasteiger partial charge in [-0.05, 0) is 31.0 Å². The van der Waals surface area contributed by atoms with Gasteiger partial charge in [-0.3, -0.25) is 0 Å². The first-order valence-corrected chi connectivity index (χ1v) is 7.33. The van der Waals surface area contributed by atoms with Crippen LogP contribution < -0.4 is 5.32 Å². The van der Waals surface area contributed by atoms with E-state index in [1.807, 2.05) is 6.92 Å². The van der Waals surface area contributed by atoms with Crippen molar-refractivity contribution in [2.75, 3.05) is 19.8 Å². The van der Waals surface area contributed by atoms with E-state index in [0.29, 0.717) is 0 Å². The number of hydrogen-bond acceptors (Lipinski definition) is 2. The molecule has 0 aromatic heterocycles. The first kappa shape index (κ1) is 14.8. The van der Waals surface area contributed by atoms with E-state index in [4.69, 9.17) is 4.74 Å². The average molecular weight is 269 g/mol. The van der Waals surface area contributed by atoms with Gasteiger partial charge in [0.15, 0.2) is 0 Å². The van der Waals surface area contributed by atoms with E-state index >= 15 is 0 Å². The van der Waals surface area contributed by atoms with Gasteiger partial charge in [-0.15, -0.1) is 0 Å². The fourth-order valence-electron chi connectivity index (χ4n) is 2.28. The van der Waals surface area contributed by atoms with Gasteiger partial charge in [-0.25, -0.2) is 0 Å². The summed E-state index contributed by atoms with van der Waals surface area (Å²) in [6.07, 6.45) is 1.03. The van der Waals surface area contributed by atoms with Gasteiger partial charge in [0.2, 0.25) is 0 Å². The van der Waals surface area contributed by atoms with Gasteiger partial charge in [0.05, 0.1) is 6.04 Å². The summed E-state index contributed by atoms with van der Waals surface area (Å²) in [6.45, 7) is 4.60. The Labute approximate surface area is 121 Å². The number of benzene rings is 2. The van der Waals surface area contributed by atoms with Crippen LogP contribution in [0.4, 0.5) is 0 Å². The standard InChI is InChI=1S/C18H23NO/c1-2-20-15-9-14-19-18(16-10-5-3-6-11-16)17-12-7-4-8-13-17/h3-8,10-13,18-19H,2,9,14-15H2,1H3. The fraction of sp³-hybridized carbons (Fsp3) is 0.333. The second kappa shape index (κ2) is 8.51. The third kappa shape index (κ3) is 4.48. The molecule has 2 aromatic rings. The summed E-state index contributed by atoms with van der Waals surface area (Å²) in [5.41, 5.74) is 2.60. The maximum Gasteiger partial charge on any atom is 0.0576 e. The Bertz CT molecular complexity index is 430. The summed E-state index contributed by atoms with van der Waals surface area (Å²) < 4.78 is 5.39. The van der Waals surface area contributed by atoms with E-state index in [9.17, 15) is 0 Å². The molecule has 2 heteroatoms. The lowest BCUT2D eigenvalue weighted by Gasteiger charge is -2.20. The van der Waals surface area contributed by atoms with Crippen LogP contribution in [0.2, 0.25) is 0 Å². The van der Waals surface area contributed by atoms with Crippen LogP contribution in [-0.4, -0.2) is 19.8 Å². The predicted octanol–water partition coefficient (Wildman–Crippen LogP) is 3.79. The lowest BCUT2D eigenvalue weighted by atomic mass is 9.99. The molecule has 1 N–H and O–H groups in total. The van der Waals surface area contributed by atoms with Crippen LogP contribution in [0, 0.1) is 0 Å². The normalized spacial score (nSPS) is 10.9. The number of hydrogen-bond donors (Lipinski definition) is 1. The number of nitrogens with one attached hydrogen (secondary N) is 1. The van der Waals surface area contributed by atoms with Crippen molar-refractivity contribution in [3.8, 4) is 0 Å². The van der Waals surface area contributed by atoms with Crippen molar-refractivity contribution in [2.45, 2.75) is 19.4 Å². The Hall–Kier alpha value is -1.64. The molecule has 0 saturated heterocycles. The zero-order valence-corrected chi connectivity index (χ0v) is 12.1. The third-order valence-corrected chi connectivity index (χ3v) is 3.28. The van der Waals surface area contributed by atoms with E-state index in [0.717, 1.165) is 26.2 Å². The fourth-order valence-corrected chi connectivity index (χ4v) is 2.28. The molecule has 0 heterocycles. The van der Waals surface area contributed by atoms with Crippen molar-refractivity contribution in [3.63, 3.8) is 0 Å². The SMILES string of the molecule is CCOCCCNC(c1ccccc1)c1ccccc1. The minimum atomic E-state index is 0.249. The largest absolute Gasteiger partial charge is 0.382 e. The van der Waals surface area contributed by atoms with Gasteiger partial charge >= 0.3 is 0 Å². The quantitative estimate of drug-likeness (QED) is 0.736. The second-order valence-electron chi connectivity index (χ2n) is 4.76. The van der Waals surface area contributed by atoms with E-state index in [2.05, 4.69) is 66.0 Å². The zero-order valence-electron chi connectivity index (χ0n) is 12.1. The van der Waals surface area contributed by atoms with E-state index in [1.165, 1.54) is 11.1 Å². The Balaban J connectivity index is 2.02. The van der Waals surface area contributed by atoms with Crippen LogP contribution >= 0.6 is 0 Å². The topological polar surface area (TPSA) is 21.3 Å². The molecule has 0 aliphatic heterocycles. The summed E-state index contributed by atoms with van der Waals surface area (Å²) in [5, 5.41) is 3.63. The maximum absolute atomic E-state index is 5.39. The molecule has 0 atom stereocenters. The van der Waals surface area contributed by atoms with E-state index in [1.54, 1.807) is 0 Å². The molecule has 106 valence electrons. The van der Waals surface area contributed by atoms with E-state index < -0.39 is 0 Å². The van der Waals surface area contributed by atoms with Gasteiger partial charge < -0.3 is 10.1 Å². The highest BCUT2D eigenvalue weighted by Crippen LogP contribution is 2.21. The van der Waals surface area contributed by atoms with Gasteiger partial charge in [0, 0.05) is 13.2 Å². The van der Waals surface area contributed by atoms with Crippen LogP contribution in [0.15, 0.2) is 60.7 Å². The molecule has 0 saturated carbocycles. The smallest absolute Gasteiger partial charge is 0.0576 e. The molecule has 0 fully saturated rings. The Morgan fingerprint density at radius 2 is 1.45 bits per heavy atom. The van der Waals surface area contributed by atoms with Gasteiger partial charge in [0.25, 0.3) is 0 Å². The molecular formula is C18H23NO. The van der Waals surface area contributed by atoms with Crippen molar-refractivity contribution in [1.82, 2.24) is 5.32 Å². The number of ether oxygens (including phenoxy) is 1. The van der Waals surface area contributed by atoms with Crippen LogP contribution in [0.3, 0.4) is 0 Å². The molecule has 2 rings (SSSR count). The first-order chi connectivity index (χ1) is 9.92. The van der Waals surface area contributed by atoms with Crippen LogP contribution in [-0.2, 0) is 4.74 Å². The molecule has 0 spiro atoms. The highest BCUT2D eigenvalue weighted by atomic mass is 16.5. The Morgan fingerprint density at radius 3 is 1.95 bits per heavy atom. The molecular weight excluding hydrogens is 246 g/mol. The van der Waals surface area contributed by atoms with Crippen molar-refractivity contribution < 1.29 is 4.74 Å². The highest BCUT2D eigenvalue weighted by Gasteiger charge is 2.12. The molecule has 0 bridgehead atoms. The molecule has 0 aliphatic rings. The van der Waals surface area contributed by atoms with Crippen molar-refractivity contribution >= 4 is 0 Å². The predicted molar refractivity (Wildman–Crippen MR) is 83.8 cm³/mol. The summed E-state index contributed by atoms with van der Waals surface area (Å²) >= 11 is 0.